The SMILES string of the molecule is COc1cccc(-c2cnoc2N)c1OC1CCCSC1. The van der Waals surface area contributed by atoms with E-state index in [9.17, 15) is 0 Å². The minimum atomic E-state index is 0.194. The Hall–Kier alpha value is -1.82. The first-order valence-corrected chi connectivity index (χ1v) is 8.07. The van der Waals surface area contributed by atoms with Gasteiger partial charge >= 0.3 is 0 Å². The van der Waals surface area contributed by atoms with Gasteiger partial charge in [-0.2, -0.15) is 11.8 Å². The van der Waals surface area contributed by atoms with Crippen molar-refractivity contribution in [3.8, 4) is 22.6 Å². The van der Waals surface area contributed by atoms with Gasteiger partial charge in [0.05, 0.1) is 18.9 Å². The van der Waals surface area contributed by atoms with Crippen LogP contribution in [0.25, 0.3) is 11.1 Å². The summed E-state index contributed by atoms with van der Waals surface area (Å²) in [5, 5.41) is 3.74. The van der Waals surface area contributed by atoms with Crippen molar-refractivity contribution < 1.29 is 14.0 Å². The maximum Gasteiger partial charge on any atom is 0.230 e. The van der Waals surface area contributed by atoms with E-state index in [1.165, 1.54) is 12.2 Å². The molecule has 2 heterocycles. The Morgan fingerprint density at radius 1 is 1.38 bits per heavy atom. The fraction of sp³-hybridized carbons (Fsp3) is 0.400. The lowest BCUT2D eigenvalue weighted by atomic mass is 10.1. The van der Waals surface area contributed by atoms with Gasteiger partial charge in [0.1, 0.15) is 6.10 Å². The van der Waals surface area contributed by atoms with Crippen LogP contribution >= 0.6 is 11.8 Å². The highest BCUT2D eigenvalue weighted by molar-refractivity contribution is 7.99. The lowest BCUT2D eigenvalue weighted by molar-refractivity contribution is 0.203. The maximum absolute atomic E-state index is 6.22. The second-order valence-corrected chi connectivity index (χ2v) is 6.05. The summed E-state index contributed by atoms with van der Waals surface area (Å²) in [4.78, 5) is 0. The van der Waals surface area contributed by atoms with Gasteiger partial charge in [-0.15, -0.1) is 0 Å². The van der Waals surface area contributed by atoms with E-state index in [1.807, 2.05) is 30.0 Å². The van der Waals surface area contributed by atoms with Gasteiger partial charge in [0.15, 0.2) is 11.5 Å². The third-order valence-corrected chi connectivity index (χ3v) is 4.68. The smallest absolute Gasteiger partial charge is 0.230 e. The number of nitrogens with two attached hydrogens (primary N) is 1. The zero-order chi connectivity index (χ0) is 14.7. The largest absolute Gasteiger partial charge is 0.493 e. The van der Waals surface area contributed by atoms with Gasteiger partial charge in [-0.3, -0.25) is 0 Å². The van der Waals surface area contributed by atoms with E-state index >= 15 is 0 Å². The van der Waals surface area contributed by atoms with Crippen LogP contribution in [0, 0.1) is 0 Å². The van der Waals surface area contributed by atoms with E-state index < -0.39 is 0 Å². The average Bonchev–Trinajstić information content (AvgIpc) is 2.94. The minimum Gasteiger partial charge on any atom is -0.493 e. The molecule has 112 valence electrons. The Labute approximate surface area is 127 Å². The van der Waals surface area contributed by atoms with Crippen molar-refractivity contribution in [3.05, 3.63) is 24.4 Å². The molecule has 0 amide bonds. The van der Waals surface area contributed by atoms with Gasteiger partial charge in [0.2, 0.25) is 5.88 Å². The number of benzene rings is 1. The number of para-hydroxylation sites is 1. The Kier molecular flexibility index (Phi) is 4.24. The molecule has 2 N–H and O–H groups in total. The molecule has 1 aromatic carbocycles. The van der Waals surface area contributed by atoms with Crippen molar-refractivity contribution in [1.29, 1.82) is 0 Å². The van der Waals surface area contributed by atoms with E-state index in [2.05, 4.69) is 5.16 Å². The molecule has 21 heavy (non-hydrogen) atoms. The number of methoxy groups -OCH3 is 1. The first kappa shape index (κ1) is 14.1. The third-order valence-electron chi connectivity index (χ3n) is 3.49. The molecule has 2 aromatic rings. The number of anilines is 1. The molecule has 1 unspecified atom stereocenters. The number of ether oxygens (including phenoxy) is 2. The summed E-state index contributed by atoms with van der Waals surface area (Å²) in [5.74, 6) is 3.89. The molecule has 0 bridgehead atoms. The summed E-state index contributed by atoms with van der Waals surface area (Å²) in [6, 6.07) is 5.73. The monoisotopic (exact) mass is 306 g/mol. The molecule has 1 aliphatic rings. The van der Waals surface area contributed by atoms with Crippen molar-refractivity contribution in [2.24, 2.45) is 0 Å². The standard InChI is InChI=1S/C15H18N2O3S/c1-18-13-6-2-5-11(12-8-17-20-15(12)16)14(13)19-10-4-3-7-21-9-10/h2,5-6,8,10H,3-4,7,9,16H2,1H3. The maximum atomic E-state index is 6.22. The van der Waals surface area contributed by atoms with Crippen LogP contribution in [0.3, 0.4) is 0 Å². The Bertz CT molecular complexity index is 609. The van der Waals surface area contributed by atoms with Crippen molar-refractivity contribution in [2.45, 2.75) is 18.9 Å². The van der Waals surface area contributed by atoms with Crippen molar-refractivity contribution >= 4 is 17.6 Å². The molecule has 0 aliphatic carbocycles. The van der Waals surface area contributed by atoms with Crippen molar-refractivity contribution in [1.82, 2.24) is 5.16 Å². The molecule has 5 nitrogen and oxygen atoms in total. The first-order valence-electron chi connectivity index (χ1n) is 6.91. The summed E-state index contributed by atoms with van der Waals surface area (Å²) in [5.41, 5.74) is 7.42. The van der Waals surface area contributed by atoms with Gasteiger partial charge in [-0.1, -0.05) is 17.3 Å². The predicted octanol–water partition coefficient (Wildman–Crippen LogP) is 3.21. The van der Waals surface area contributed by atoms with Crippen molar-refractivity contribution in [3.63, 3.8) is 0 Å². The highest BCUT2D eigenvalue weighted by atomic mass is 32.2. The van der Waals surface area contributed by atoms with Crippen LogP contribution in [-0.2, 0) is 0 Å². The number of rotatable bonds is 4. The summed E-state index contributed by atoms with van der Waals surface area (Å²) in [7, 11) is 1.64. The zero-order valence-corrected chi connectivity index (χ0v) is 12.7. The number of nitrogen functional groups attached to an aromatic ring is 1. The van der Waals surface area contributed by atoms with Crippen LogP contribution in [-0.4, -0.2) is 29.9 Å². The Balaban J connectivity index is 1.97. The summed E-state index contributed by atoms with van der Waals surface area (Å²) in [6.45, 7) is 0. The highest BCUT2D eigenvalue weighted by Crippen LogP contribution is 2.41. The highest BCUT2D eigenvalue weighted by Gasteiger charge is 2.22. The predicted molar refractivity (Wildman–Crippen MR) is 83.9 cm³/mol. The van der Waals surface area contributed by atoms with E-state index in [0.717, 1.165) is 23.3 Å². The number of aromatic nitrogens is 1. The second-order valence-electron chi connectivity index (χ2n) is 4.90. The lowest BCUT2D eigenvalue weighted by Gasteiger charge is -2.25. The second kappa shape index (κ2) is 6.30. The van der Waals surface area contributed by atoms with E-state index in [1.54, 1.807) is 13.3 Å². The fourth-order valence-corrected chi connectivity index (χ4v) is 3.47. The molecular formula is C15H18N2O3S. The van der Waals surface area contributed by atoms with Gasteiger partial charge < -0.3 is 19.7 Å². The van der Waals surface area contributed by atoms with Gasteiger partial charge in [0.25, 0.3) is 0 Å². The number of thioether (sulfide) groups is 1. The molecule has 0 radical (unpaired) electrons. The minimum absolute atomic E-state index is 0.194. The summed E-state index contributed by atoms with van der Waals surface area (Å²) in [6.07, 6.45) is 4.03. The zero-order valence-electron chi connectivity index (χ0n) is 11.9. The fourth-order valence-electron chi connectivity index (χ4n) is 2.43. The van der Waals surface area contributed by atoms with Crippen LogP contribution in [0.2, 0.25) is 0 Å². The van der Waals surface area contributed by atoms with E-state index in [4.69, 9.17) is 19.7 Å². The van der Waals surface area contributed by atoms with Crippen LogP contribution < -0.4 is 15.2 Å². The van der Waals surface area contributed by atoms with Gasteiger partial charge in [-0.25, -0.2) is 0 Å². The van der Waals surface area contributed by atoms with Gasteiger partial charge in [0, 0.05) is 11.3 Å². The van der Waals surface area contributed by atoms with Gasteiger partial charge in [-0.05, 0) is 24.7 Å². The van der Waals surface area contributed by atoms with Crippen LogP contribution in [0.5, 0.6) is 11.5 Å². The molecule has 6 heteroatoms. The Morgan fingerprint density at radius 2 is 2.29 bits per heavy atom. The molecule has 1 atom stereocenters. The molecule has 1 aromatic heterocycles. The molecule has 1 saturated heterocycles. The Morgan fingerprint density at radius 3 is 2.95 bits per heavy atom. The molecule has 1 aliphatic heterocycles. The van der Waals surface area contributed by atoms with E-state index in [0.29, 0.717) is 11.5 Å². The number of hydrogen-bond donors (Lipinski definition) is 1. The molecule has 1 fully saturated rings. The van der Waals surface area contributed by atoms with Crippen molar-refractivity contribution in [2.75, 3.05) is 24.3 Å². The summed E-state index contributed by atoms with van der Waals surface area (Å²) < 4.78 is 16.6. The number of hydrogen-bond acceptors (Lipinski definition) is 6. The molecule has 3 rings (SSSR count). The number of nitrogens with zero attached hydrogens (tertiary/aromatic N) is 1. The normalized spacial score (nSPS) is 18.4. The topological polar surface area (TPSA) is 70.5 Å². The van der Waals surface area contributed by atoms with E-state index in [-0.39, 0.29) is 12.0 Å². The molecule has 0 spiro atoms. The van der Waals surface area contributed by atoms with Crippen LogP contribution in [0.15, 0.2) is 28.9 Å². The molecule has 0 saturated carbocycles. The van der Waals surface area contributed by atoms with Crippen LogP contribution in [0.4, 0.5) is 5.88 Å². The third kappa shape index (κ3) is 2.95. The summed E-state index contributed by atoms with van der Waals surface area (Å²) >= 11 is 1.92. The first-order chi connectivity index (χ1) is 10.3. The average molecular weight is 306 g/mol. The lowest BCUT2D eigenvalue weighted by Crippen LogP contribution is -2.23. The molecular weight excluding hydrogens is 288 g/mol. The quantitative estimate of drug-likeness (QED) is 0.935. The van der Waals surface area contributed by atoms with Crippen LogP contribution in [0.1, 0.15) is 12.8 Å².